The lowest BCUT2D eigenvalue weighted by atomic mass is 10.1. The molecule has 0 spiro atoms. The van der Waals surface area contributed by atoms with Crippen molar-refractivity contribution in [3.05, 3.63) is 34.9 Å². The van der Waals surface area contributed by atoms with Crippen molar-refractivity contribution in [1.29, 1.82) is 0 Å². The van der Waals surface area contributed by atoms with Gasteiger partial charge >= 0.3 is 0 Å². The molecule has 0 aliphatic rings. The highest BCUT2D eigenvalue weighted by molar-refractivity contribution is 5.08. The molecule has 0 fully saturated rings. The van der Waals surface area contributed by atoms with Crippen LogP contribution < -0.4 is 0 Å². The third-order valence-electron chi connectivity index (χ3n) is 3.37. The van der Waals surface area contributed by atoms with Crippen molar-refractivity contribution < 1.29 is 0 Å². The molecule has 0 aromatic heterocycles. The van der Waals surface area contributed by atoms with Crippen molar-refractivity contribution in [1.82, 2.24) is 0 Å². The number of hydrogen-bond acceptors (Lipinski definition) is 0. The van der Waals surface area contributed by atoms with Crippen LogP contribution in [0.4, 0.5) is 0 Å². The zero-order valence-corrected chi connectivity index (χ0v) is 12.5. The van der Waals surface area contributed by atoms with Crippen LogP contribution in [0.3, 0.4) is 0 Å². The van der Waals surface area contributed by atoms with Crippen molar-refractivity contribution in [3.8, 4) is 0 Å². The lowest BCUT2D eigenvalue weighted by molar-refractivity contribution is 0.936. The van der Waals surface area contributed by atoms with Crippen molar-refractivity contribution >= 4 is 0 Å². The van der Waals surface area contributed by atoms with Gasteiger partial charge in [0.25, 0.3) is 0 Å². The summed E-state index contributed by atoms with van der Waals surface area (Å²) in [5.41, 5.74) is 4.61. The van der Waals surface area contributed by atoms with E-state index < -0.39 is 0 Å². The molecule has 0 unspecified atom stereocenters. The van der Waals surface area contributed by atoms with Crippen LogP contribution in [0.5, 0.6) is 0 Å². The Morgan fingerprint density at radius 3 is 1.94 bits per heavy atom. The average molecular weight is 234 g/mol. The first kappa shape index (κ1) is 16.2. The molecule has 0 atom stereocenters. The Labute approximate surface area is 109 Å². The fourth-order valence-corrected chi connectivity index (χ4v) is 1.76. The van der Waals surface area contributed by atoms with Crippen LogP contribution in [-0.4, -0.2) is 0 Å². The summed E-state index contributed by atoms with van der Waals surface area (Å²) in [5.74, 6) is 0. The molecule has 0 aliphatic carbocycles. The minimum atomic E-state index is 1.11. The maximum absolute atomic E-state index is 2.39. The van der Waals surface area contributed by atoms with Crippen molar-refractivity contribution in [2.75, 3.05) is 0 Å². The Morgan fingerprint density at radius 2 is 1.41 bits per heavy atom. The number of rotatable bonds is 8. The summed E-state index contributed by atoms with van der Waals surface area (Å²) in [6, 6.07) is 0. The Kier molecular flexibility index (Phi) is 9.90. The van der Waals surface area contributed by atoms with Gasteiger partial charge in [-0.1, -0.05) is 55.7 Å². The van der Waals surface area contributed by atoms with Gasteiger partial charge in [0.1, 0.15) is 0 Å². The molecule has 0 aromatic carbocycles. The van der Waals surface area contributed by atoms with E-state index in [0.717, 1.165) is 6.42 Å². The van der Waals surface area contributed by atoms with Gasteiger partial charge in [0.15, 0.2) is 0 Å². The summed E-state index contributed by atoms with van der Waals surface area (Å²) in [7, 11) is 0. The Morgan fingerprint density at radius 1 is 0.765 bits per heavy atom. The van der Waals surface area contributed by atoms with E-state index in [1.165, 1.54) is 43.3 Å². The van der Waals surface area contributed by atoms with Crippen molar-refractivity contribution in [2.24, 2.45) is 0 Å². The largest absolute Gasteiger partial charge is 0.0853 e. The van der Waals surface area contributed by atoms with E-state index in [0.29, 0.717) is 0 Å². The Balaban J connectivity index is 3.98. The van der Waals surface area contributed by atoms with E-state index in [1.54, 1.807) is 5.57 Å². The highest BCUT2D eigenvalue weighted by atomic mass is 14.0. The Bertz CT molecular complexity index is 270. The SMILES string of the molecule is CCC(=CC/C=C(\C)CC/C=C(\C)CC)CC. The molecule has 0 aliphatic heterocycles. The molecule has 0 N–H and O–H groups in total. The second-order valence-corrected chi connectivity index (χ2v) is 4.80. The minimum absolute atomic E-state index is 1.11. The van der Waals surface area contributed by atoms with Crippen LogP contribution >= 0.6 is 0 Å². The highest BCUT2D eigenvalue weighted by Crippen LogP contribution is 2.11. The summed E-state index contributed by atoms with van der Waals surface area (Å²) >= 11 is 0. The summed E-state index contributed by atoms with van der Waals surface area (Å²) in [6.45, 7) is 11.2. The fourth-order valence-electron chi connectivity index (χ4n) is 1.76. The van der Waals surface area contributed by atoms with E-state index in [-0.39, 0.29) is 0 Å². The average Bonchev–Trinajstić information content (AvgIpc) is 2.34. The van der Waals surface area contributed by atoms with E-state index in [1.807, 2.05) is 0 Å². The van der Waals surface area contributed by atoms with Crippen molar-refractivity contribution in [3.63, 3.8) is 0 Å². The third kappa shape index (κ3) is 8.97. The molecule has 0 heteroatoms. The number of hydrogen-bond donors (Lipinski definition) is 0. The van der Waals surface area contributed by atoms with Gasteiger partial charge in [-0.3, -0.25) is 0 Å². The molecule has 0 heterocycles. The second kappa shape index (κ2) is 10.4. The van der Waals surface area contributed by atoms with Gasteiger partial charge < -0.3 is 0 Å². The smallest absolute Gasteiger partial charge is 0.0164 e. The molecule has 0 radical (unpaired) electrons. The summed E-state index contributed by atoms with van der Waals surface area (Å²) in [5, 5.41) is 0. The van der Waals surface area contributed by atoms with E-state index in [2.05, 4.69) is 52.8 Å². The van der Waals surface area contributed by atoms with Gasteiger partial charge in [0.05, 0.1) is 0 Å². The first-order valence-electron chi connectivity index (χ1n) is 7.13. The second-order valence-electron chi connectivity index (χ2n) is 4.80. The van der Waals surface area contributed by atoms with Crippen molar-refractivity contribution in [2.45, 2.75) is 73.1 Å². The summed E-state index contributed by atoms with van der Waals surface area (Å²) in [6.07, 6.45) is 14.2. The van der Waals surface area contributed by atoms with Gasteiger partial charge in [0.2, 0.25) is 0 Å². The van der Waals surface area contributed by atoms with E-state index in [4.69, 9.17) is 0 Å². The van der Waals surface area contributed by atoms with Crippen LogP contribution in [-0.2, 0) is 0 Å². The molecular weight excluding hydrogens is 204 g/mol. The molecule has 98 valence electrons. The fraction of sp³-hybridized carbons (Fsp3) is 0.647. The minimum Gasteiger partial charge on any atom is -0.0853 e. The van der Waals surface area contributed by atoms with Gasteiger partial charge in [-0.05, 0) is 52.4 Å². The molecule has 0 saturated carbocycles. The zero-order valence-electron chi connectivity index (χ0n) is 12.5. The predicted octanol–water partition coefficient (Wildman–Crippen LogP) is 6.21. The Hall–Kier alpha value is -0.780. The standard InChI is InChI=1S/C17H30/c1-6-15(4)11-9-12-16(5)13-10-14-17(7-2)8-3/h11,13-14H,6-10,12H2,1-5H3/b15-11+,16-13+. The van der Waals surface area contributed by atoms with E-state index >= 15 is 0 Å². The maximum atomic E-state index is 2.39. The topological polar surface area (TPSA) is 0 Å². The van der Waals surface area contributed by atoms with Crippen LogP contribution in [0.15, 0.2) is 34.9 Å². The molecule has 0 bridgehead atoms. The summed E-state index contributed by atoms with van der Waals surface area (Å²) in [4.78, 5) is 0. The molecular formula is C17H30. The summed E-state index contributed by atoms with van der Waals surface area (Å²) < 4.78 is 0. The predicted molar refractivity (Wildman–Crippen MR) is 80.3 cm³/mol. The molecule has 0 nitrogen and oxygen atoms in total. The first-order chi connectivity index (χ1) is 8.13. The molecule has 0 rings (SSSR count). The van der Waals surface area contributed by atoms with Gasteiger partial charge in [0, 0.05) is 0 Å². The third-order valence-corrected chi connectivity index (χ3v) is 3.37. The lowest BCUT2D eigenvalue weighted by Gasteiger charge is -2.01. The zero-order chi connectivity index (χ0) is 13.1. The van der Waals surface area contributed by atoms with Crippen LogP contribution in [0.2, 0.25) is 0 Å². The highest BCUT2D eigenvalue weighted by Gasteiger charge is 1.91. The van der Waals surface area contributed by atoms with E-state index in [9.17, 15) is 0 Å². The molecule has 0 amide bonds. The van der Waals surface area contributed by atoms with Crippen LogP contribution in [0.1, 0.15) is 73.1 Å². The maximum Gasteiger partial charge on any atom is -0.0164 e. The van der Waals surface area contributed by atoms with Crippen LogP contribution in [0.25, 0.3) is 0 Å². The lowest BCUT2D eigenvalue weighted by Crippen LogP contribution is -1.80. The quantitative estimate of drug-likeness (QED) is 0.438. The first-order valence-corrected chi connectivity index (χ1v) is 7.13. The molecule has 17 heavy (non-hydrogen) atoms. The molecule has 0 saturated heterocycles. The van der Waals surface area contributed by atoms with Gasteiger partial charge in [-0.2, -0.15) is 0 Å². The monoisotopic (exact) mass is 234 g/mol. The molecule has 0 aromatic rings. The van der Waals surface area contributed by atoms with Gasteiger partial charge in [-0.25, -0.2) is 0 Å². The normalized spacial score (nSPS) is 12.8. The van der Waals surface area contributed by atoms with Gasteiger partial charge in [-0.15, -0.1) is 0 Å². The number of allylic oxidation sites excluding steroid dienone is 6. The van der Waals surface area contributed by atoms with Crippen LogP contribution in [0, 0.1) is 0 Å².